The van der Waals surface area contributed by atoms with Gasteiger partial charge in [-0.05, 0) is 28.5 Å². The summed E-state index contributed by atoms with van der Waals surface area (Å²) in [6.45, 7) is 0. The number of phenols is 1. The van der Waals surface area contributed by atoms with Crippen molar-refractivity contribution in [3.63, 3.8) is 0 Å². The van der Waals surface area contributed by atoms with Crippen LogP contribution in [0.1, 0.15) is 5.56 Å². The van der Waals surface area contributed by atoms with Crippen molar-refractivity contribution in [1.82, 2.24) is 0 Å². The maximum absolute atomic E-state index is 10.1. The predicted octanol–water partition coefficient (Wildman–Crippen LogP) is 3.96. The van der Waals surface area contributed by atoms with Gasteiger partial charge in [0.2, 0.25) is 0 Å². The van der Waals surface area contributed by atoms with E-state index in [9.17, 15) is 5.11 Å². The lowest BCUT2D eigenvalue weighted by Gasteiger charge is -2.14. The molecule has 0 spiro atoms. The van der Waals surface area contributed by atoms with E-state index in [0.29, 0.717) is 5.75 Å². The van der Waals surface area contributed by atoms with Gasteiger partial charge in [0.1, 0.15) is 5.75 Å². The average molecular weight is 233 g/mol. The van der Waals surface area contributed by atoms with Crippen LogP contribution in [0.3, 0.4) is 0 Å². The molecule has 0 unspecified atom stereocenters. The van der Waals surface area contributed by atoms with Gasteiger partial charge in [0, 0.05) is 23.4 Å². The fourth-order valence-corrected chi connectivity index (χ4v) is 2.82. The molecule has 0 bridgehead atoms. The second kappa shape index (κ2) is 3.33. The first-order valence-corrected chi connectivity index (χ1v) is 6.03. The number of rotatable bonds is 0. The zero-order chi connectivity index (χ0) is 12.1. The minimum Gasteiger partial charge on any atom is -0.507 e. The molecule has 2 heteroatoms. The average Bonchev–Trinajstić information content (AvgIpc) is 2.39. The molecule has 0 aromatic heterocycles. The van der Waals surface area contributed by atoms with Gasteiger partial charge >= 0.3 is 0 Å². The summed E-state index contributed by atoms with van der Waals surface area (Å²) in [4.78, 5) is 4.48. The molecule has 1 N–H and O–H groups in total. The van der Waals surface area contributed by atoms with Crippen LogP contribution in [-0.4, -0.2) is 11.3 Å². The monoisotopic (exact) mass is 233 g/mol. The number of aromatic hydroxyl groups is 1. The minimum atomic E-state index is 0.339. The first-order chi connectivity index (χ1) is 8.84. The fraction of sp³-hybridized carbons (Fsp3) is 0.0625. The molecule has 1 aliphatic heterocycles. The van der Waals surface area contributed by atoms with E-state index in [2.05, 4.69) is 23.2 Å². The van der Waals surface area contributed by atoms with E-state index in [-0.39, 0.29) is 0 Å². The van der Waals surface area contributed by atoms with Gasteiger partial charge < -0.3 is 5.11 Å². The van der Waals surface area contributed by atoms with Gasteiger partial charge in [-0.3, -0.25) is 4.99 Å². The first-order valence-electron chi connectivity index (χ1n) is 6.03. The summed E-state index contributed by atoms with van der Waals surface area (Å²) >= 11 is 0. The van der Waals surface area contributed by atoms with Crippen molar-refractivity contribution in [1.29, 1.82) is 0 Å². The number of benzene rings is 3. The number of fused-ring (bicyclic) bond motifs is 2. The number of aliphatic imine (C=N–C) groups is 1. The van der Waals surface area contributed by atoms with Crippen LogP contribution in [0.2, 0.25) is 0 Å². The summed E-state index contributed by atoms with van der Waals surface area (Å²) < 4.78 is 0. The standard InChI is InChI=1S/C16H11NO/c18-14-6-2-4-11-9-13-15-10(7-8-17-13)3-1-5-12(15)16(11)14/h1-6,8-9,18H,7H2. The molecule has 3 aromatic rings. The van der Waals surface area contributed by atoms with E-state index in [1.165, 1.54) is 10.9 Å². The van der Waals surface area contributed by atoms with Gasteiger partial charge in [0.25, 0.3) is 0 Å². The van der Waals surface area contributed by atoms with Crippen molar-refractivity contribution >= 4 is 33.4 Å². The first kappa shape index (κ1) is 9.66. The maximum Gasteiger partial charge on any atom is 0.124 e. The Morgan fingerprint density at radius 1 is 1.00 bits per heavy atom. The normalized spacial score (nSPS) is 13.3. The Morgan fingerprint density at radius 2 is 1.89 bits per heavy atom. The second-order valence-corrected chi connectivity index (χ2v) is 4.63. The van der Waals surface area contributed by atoms with Gasteiger partial charge in [-0.2, -0.15) is 0 Å². The Bertz CT molecular complexity index is 818. The fourth-order valence-electron chi connectivity index (χ4n) is 2.82. The third kappa shape index (κ3) is 1.15. The van der Waals surface area contributed by atoms with Gasteiger partial charge in [0.05, 0.1) is 5.69 Å². The summed E-state index contributed by atoms with van der Waals surface area (Å²) in [7, 11) is 0. The van der Waals surface area contributed by atoms with Crippen molar-refractivity contribution in [3.05, 3.63) is 48.0 Å². The number of hydrogen-bond donors (Lipinski definition) is 1. The van der Waals surface area contributed by atoms with Crippen molar-refractivity contribution < 1.29 is 5.11 Å². The lowest BCUT2D eigenvalue weighted by molar-refractivity contribution is 0.482. The molecule has 1 heterocycles. The highest BCUT2D eigenvalue weighted by atomic mass is 16.3. The summed E-state index contributed by atoms with van der Waals surface area (Å²) in [5.41, 5.74) is 2.28. The molecule has 0 amide bonds. The van der Waals surface area contributed by atoms with Crippen molar-refractivity contribution in [2.75, 3.05) is 0 Å². The molecule has 86 valence electrons. The van der Waals surface area contributed by atoms with Crippen LogP contribution in [0.25, 0.3) is 21.5 Å². The molecule has 0 radical (unpaired) electrons. The Kier molecular flexibility index (Phi) is 1.78. The van der Waals surface area contributed by atoms with E-state index < -0.39 is 0 Å². The Balaban J connectivity index is 2.36. The molecule has 0 atom stereocenters. The topological polar surface area (TPSA) is 32.6 Å². The van der Waals surface area contributed by atoms with E-state index in [0.717, 1.165) is 28.3 Å². The maximum atomic E-state index is 10.1. The predicted molar refractivity (Wildman–Crippen MR) is 75.0 cm³/mol. The van der Waals surface area contributed by atoms with Gasteiger partial charge in [-0.25, -0.2) is 0 Å². The number of nitrogens with zero attached hydrogens (tertiary/aromatic N) is 1. The van der Waals surface area contributed by atoms with Gasteiger partial charge in [0.15, 0.2) is 0 Å². The molecule has 3 aromatic carbocycles. The zero-order valence-corrected chi connectivity index (χ0v) is 9.72. The quantitative estimate of drug-likeness (QED) is 0.586. The van der Waals surface area contributed by atoms with Crippen LogP contribution in [-0.2, 0) is 6.42 Å². The largest absolute Gasteiger partial charge is 0.507 e. The van der Waals surface area contributed by atoms with E-state index in [4.69, 9.17) is 0 Å². The summed E-state index contributed by atoms with van der Waals surface area (Å²) in [5, 5.41) is 14.3. The SMILES string of the molecule is Oc1cccc2cc3c4c(cccc4c12)CC=N3. The molecule has 4 rings (SSSR count). The molecular formula is C16H11NO. The third-order valence-corrected chi connectivity index (χ3v) is 3.58. The van der Waals surface area contributed by atoms with Crippen LogP contribution in [0.4, 0.5) is 5.69 Å². The van der Waals surface area contributed by atoms with Crippen LogP contribution in [0, 0.1) is 0 Å². The van der Waals surface area contributed by atoms with E-state index in [1.54, 1.807) is 6.07 Å². The molecule has 0 saturated carbocycles. The highest BCUT2D eigenvalue weighted by Crippen LogP contribution is 2.40. The van der Waals surface area contributed by atoms with Crippen LogP contribution >= 0.6 is 0 Å². The smallest absolute Gasteiger partial charge is 0.124 e. The molecular weight excluding hydrogens is 222 g/mol. The van der Waals surface area contributed by atoms with Crippen molar-refractivity contribution in [2.24, 2.45) is 4.99 Å². The highest BCUT2D eigenvalue weighted by molar-refractivity contribution is 6.17. The van der Waals surface area contributed by atoms with Gasteiger partial charge in [-0.1, -0.05) is 30.3 Å². The van der Waals surface area contributed by atoms with Gasteiger partial charge in [-0.15, -0.1) is 0 Å². The Labute approximate surface area is 104 Å². The van der Waals surface area contributed by atoms with E-state index in [1.807, 2.05) is 24.4 Å². The Hall–Kier alpha value is -2.35. The van der Waals surface area contributed by atoms with Crippen LogP contribution in [0.15, 0.2) is 47.5 Å². The highest BCUT2D eigenvalue weighted by Gasteiger charge is 2.13. The minimum absolute atomic E-state index is 0.339. The van der Waals surface area contributed by atoms with Crippen LogP contribution < -0.4 is 0 Å². The second-order valence-electron chi connectivity index (χ2n) is 4.63. The molecule has 1 aliphatic rings. The summed E-state index contributed by atoms with van der Waals surface area (Å²) in [6, 6.07) is 13.9. The molecule has 2 nitrogen and oxygen atoms in total. The van der Waals surface area contributed by atoms with Crippen molar-refractivity contribution in [2.45, 2.75) is 6.42 Å². The lowest BCUT2D eigenvalue weighted by Crippen LogP contribution is -1.94. The summed E-state index contributed by atoms with van der Waals surface area (Å²) in [6.07, 6.45) is 2.81. The lowest BCUT2D eigenvalue weighted by atomic mass is 9.94. The molecule has 0 saturated heterocycles. The zero-order valence-electron chi connectivity index (χ0n) is 9.72. The van der Waals surface area contributed by atoms with E-state index >= 15 is 0 Å². The summed E-state index contributed by atoms with van der Waals surface area (Å²) in [5.74, 6) is 0.339. The molecule has 0 fully saturated rings. The number of hydrogen-bond acceptors (Lipinski definition) is 2. The molecule has 0 aliphatic carbocycles. The van der Waals surface area contributed by atoms with Crippen molar-refractivity contribution in [3.8, 4) is 5.75 Å². The third-order valence-electron chi connectivity index (χ3n) is 3.58. The van der Waals surface area contributed by atoms with Crippen LogP contribution in [0.5, 0.6) is 5.75 Å². The molecule has 18 heavy (non-hydrogen) atoms. The Morgan fingerprint density at radius 3 is 2.83 bits per heavy atom. The number of phenolic OH excluding ortho intramolecular Hbond substituents is 1.